The van der Waals surface area contributed by atoms with E-state index in [-0.39, 0.29) is 11.9 Å². The zero-order valence-electron chi connectivity index (χ0n) is 10.9. The molecule has 94 valence electrons. The van der Waals surface area contributed by atoms with Gasteiger partial charge in [-0.1, -0.05) is 26.2 Å². The fourth-order valence-corrected chi connectivity index (χ4v) is 2.40. The fraction of sp³-hybridized carbons (Fsp3) is 0.923. The number of nitrogens with one attached hydrogen (secondary N) is 2. The van der Waals surface area contributed by atoms with Crippen molar-refractivity contribution in [2.24, 2.45) is 5.41 Å². The lowest BCUT2D eigenvalue weighted by atomic mass is 9.75. The number of amides is 1. The van der Waals surface area contributed by atoms with Crippen molar-refractivity contribution in [1.82, 2.24) is 10.6 Å². The molecule has 1 atom stereocenters. The molecule has 0 aromatic heterocycles. The maximum absolute atomic E-state index is 11.5. The standard InChI is InChI=1S/C13H26N2O/c1-4-14-12(16)11(2)15-10-13(3)8-6-5-7-9-13/h11,15H,4-10H2,1-3H3,(H,14,16). The normalized spacial score (nSPS) is 21.4. The molecule has 0 heterocycles. The minimum Gasteiger partial charge on any atom is -0.355 e. The third-order valence-corrected chi connectivity index (χ3v) is 3.64. The van der Waals surface area contributed by atoms with Crippen LogP contribution in [0.15, 0.2) is 0 Å². The zero-order valence-corrected chi connectivity index (χ0v) is 10.9. The molecule has 1 rings (SSSR count). The Hall–Kier alpha value is -0.570. The number of hydrogen-bond acceptors (Lipinski definition) is 2. The molecule has 16 heavy (non-hydrogen) atoms. The second-order valence-corrected chi connectivity index (χ2v) is 5.37. The summed E-state index contributed by atoms with van der Waals surface area (Å²) < 4.78 is 0. The predicted molar refractivity (Wildman–Crippen MR) is 67.3 cm³/mol. The highest BCUT2D eigenvalue weighted by Crippen LogP contribution is 2.34. The molecule has 0 aromatic rings. The first-order chi connectivity index (χ1) is 7.57. The minimum atomic E-state index is -0.0706. The molecule has 3 heteroatoms. The Bertz CT molecular complexity index is 222. The Labute approximate surface area is 99.4 Å². The third-order valence-electron chi connectivity index (χ3n) is 3.64. The quantitative estimate of drug-likeness (QED) is 0.753. The van der Waals surface area contributed by atoms with Gasteiger partial charge in [0.2, 0.25) is 5.91 Å². The van der Waals surface area contributed by atoms with Crippen LogP contribution in [0.4, 0.5) is 0 Å². The first-order valence-corrected chi connectivity index (χ1v) is 6.58. The maximum Gasteiger partial charge on any atom is 0.236 e. The first kappa shape index (κ1) is 13.5. The van der Waals surface area contributed by atoms with Gasteiger partial charge in [-0.05, 0) is 32.1 Å². The van der Waals surface area contributed by atoms with Crippen LogP contribution in [0, 0.1) is 5.41 Å². The molecule has 0 bridgehead atoms. The van der Waals surface area contributed by atoms with E-state index in [2.05, 4.69) is 17.6 Å². The Morgan fingerprint density at radius 3 is 2.50 bits per heavy atom. The third kappa shape index (κ3) is 4.12. The van der Waals surface area contributed by atoms with Gasteiger partial charge in [-0.3, -0.25) is 4.79 Å². The van der Waals surface area contributed by atoms with E-state index in [1.165, 1.54) is 32.1 Å². The summed E-state index contributed by atoms with van der Waals surface area (Å²) in [6.07, 6.45) is 6.65. The lowest BCUT2D eigenvalue weighted by Crippen LogP contribution is -2.46. The first-order valence-electron chi connectivity index (χ1n) is 6.58. The van der Waals surface area contributed by atoms with Gasteiger partial charge in [0.1, 0.15) is 0 Å². The van der Waals surface area contributed by atoms with Gasteiger partial charge in [0.05, 0.1) is 6.04 Å². The van der Waals surface area contributed by atoms with E-state index in [9.17, 15) is 4.79 Å². The summed E-state index contributed by atoms with van der Waals surface area (Å²) in [6, 6.07) is -0.0706. The molecule has 0 radical (unpaired) electrons. The lowest BCUT2D eigenvalue weighted by Gasteiger charge is -2.34. The molecule has 1 unspecified atom stereocenters. The van der Waals surface area contributed by atoms with Gasteiger partial charge in [0.25, 0.3) is 0 Å². The molecule has 1 aliphatic rings. The highest BCUT2D eigenvalue weighted by atomic mass is 16.2. The summed E-state index contributed by atoms with van der Waals surface area (Å²) in [4.78, 5) is 11.5. The van der Waals surface area contributed by atoms with Gasteiger partial charge in [0.15, 0.2) is 0 Å². The van der Waals surface area contributed by atoms with E-state index in [0.717, 1.165) is 6.54 Å². The van der Waals surface area contributed by atoms with Gasteiger partial charge in [-0.2, -0.15) is 0 Å². The highest BCUT2D eigenvalue weighted by molar-refractivity contribution is 5.81. The van der Waals surface area contributed by atoms with Crippen LogP contribution in [-0.4, -0.2) is 25.0 Å². The van der Waals surface area contributed by atoms with Crippen molar-refractivity contribution in [3.8, 4) is 0 Å². The van der Waals surface area contributed by atoms with E-state index >= 15 is 0 Å². The molecular formula is C13H26N2O. The summed E-state index contributed by atoms with van der Waals surface area (Å²) >= 11 is 0. The van der Waals surface area contributed by atoms with Crippen molar-refractivity contribution in [2.45, 2.75) is 58.9 Å². The van der Waals surface area contributed by atoms with Crippen molar-refractivity contribution in [2.75, 3.05) is 13.1 Å². The van der Waals surface area contributed by atoms with Crippen LogP contribution in [0.3, 0.4) is 0 Å². The van der Waals surface area contributed by atoms with Gasteiger partial charge >= 0.3 is 0 Å². The van der Waals surface area contributed by atoms with Crippen LogP contribution in [0.25, 0.3) is 0 Å². The summed E-state index contributed by atoms with van der Waals surface area (Å²) in [6.45, 7) is 7.90. The van der Waals surface area contributed by atoms with Crippen molar-refractivity contribution >= 4 is 5.91 Å². The number of carbonyl (C=O) groups excluding carboxylic acids is 1. The molecule has 2 N–H and O–H groups in total. The largest absolute Gasteiger partial charge is 0.355 e. The van der Waals surface area contributed by atoms with E-state index in [0.29, 0.717) is 12.0 Å². The molecule has 1 aliphatic carbocycles. The SMILES string of the molecule is CCNC(=O)C(C)NCC1(C)CCCCC1. The number of carbonyl (C=O) groups is 1. The van der Waals surface area contributed by atoms with Crippen molar-refractivity contribution < 1.29 is 4.79 Å². The van der Waals surface area contributed by atoms with E-state index in [1.54, 1.807) is 0 Å². The van der Waals surface area contributed by atoms with Crippen LogP contribution in [-0.2, 0) is 4.79 Å². The Balaban J connectivity index is 2.29. The molecule has 3 nitrogen and oxygen atoms in total. The molecule has 1 saturated carbocycles. The fourth-order valence-electron chi connectivity index (χ4n) is 2.40. The Morgan fingerprint density at radius 2 is 1.94 bits per heavy atom. The molecule has 1 amide bonds. The predicted octanol–water partition coefficient (Wildman–Crippen LogP) is 2.07. The van der Waals surface area contributed by atoms with Crippen LogP contribution >= 0.6 is 0 Å². The smallest absolute Gasteiger partial charge is 0.236 e. The zero-order chi connectivity index (χ0) is 12.0. The highest BCUT2D eigenvalue weighted by Gasteiger charge is 2.27. The lowest BCUT2D eigenvalue weighted by molar-refractivity contribution is -0.122. The van der Waals surface area contributed by atoms with E-state index < -0.39 is 0 Å². The Morgan fingerprint density at radius 1 is 1.31 bits per heavy atom. The second kappa shape index (κ2) is 6.24. The summed E-state index contributed by atoms with van der Waals surface area (Å²) in [7, 11) is 0. The average molecular weight is 226 g/mol. The van der Waals surface area contributed by atoms with Crippen molar-refractivity contribution in [3.63, 3.8) is 0 Å². The topological polar surface area (TPSA) is 41.1 Å². The van der Waals surface area contributed by atoms with E-state index in [1.807, 2.05) is 13.8 Å². The number of hydrogen-bond donors (Lipinski definition) is 2. The molecule has 1 fully saturated rings. The summed E-state index contributed by atoms with van der Waals surface area (Å²) in [5.41, 5.74) is 0.402. The second-order valence-electron chi connectivity index (χ2n) is 5.37. The van der Waals surface area contributed by atoms with Crippen LogP contribution < -0.4 is 10.6 Å². The van der Waals surface area contributed by atoms with Gasteiger partial charge in [-0.25, -0.2) is 0 Å². The minimum absolute atomic E-state index is 0.0706. The maximum atomic E-state index is 11.5. The molecular weight excluding hydrogens is 200 g/mol. The van der Waals surface area contributed by atoms with Crippen LogP contribution in [0.1, 0.15) is 52.9 Å². The Kier molecular flexibility index (Phi) is 5.26. The number of rotatable bonds is 5. The molecule has 0 saturated heterocycles. The van der Waals surface area contributed by atoms with E-state index in [4.69, 9.17) is 0 Å². The summed E-state index contributed by atoms with van der Waals surface area (Å²) in [5, 5.41) is 6.21. The van der Waals surface area contributed by atoms with Gasteiger partial charge in [-0.15, -0.1) is 0 Å². The molecule has 0 spiro atoms. The van der Waals surface area contributed by atoms with Crippen molar-refractivity contribution in [1.29, 1.82) is 0 Å². The molecule has 0 aromatic carbocycles. The average Bonchev–Trinajstić information content (AvgIpc) is 2.27. The monoisotopic (exact) mass is 226 g/mol. The van der Waals surface area contributed by atoms with Gasteiger partial charge in [0, 0.05) is 13.1 Å². The summed E-state index contributed by atoms with van der Waals surface area (Å²) in [5.74, 6) is 0.113. The molecule has 0 aliphatic heterocycles. The number of likely N-dealkylation sites (N-methyl/N-ethyl adjacent to an activating group) is 1. The van der Waals surface area contributed by atoms with Crippen LogP contribution in [0.2, 0.25) is 0 Å². The van der Waals surface area contributed by atoms with Crippen molar-refractivity contribution in [3.05, 3.63) is 0 Å². The van der Waals surface area contributed by atoms with Crippen LogP contribution in [0.5, 0.6) is 0 Å². The van der Waals surface area contributed by atoms with Gasteiger partial charge < -0.3 is 10.6 Å².